The van der Waals surface area contributed by atoms with Gasteiger partial charge in [0, 0.05) is 5.92 Å². The zero-order valence-corrected chi connectivity index (χ0v) is 13.0. The topological polar surface area (TPSA) is 0 Å². The Morgan fingerprint density at radius 2 is 1.61 bits per heavy atom. The van der Waals surface area contributed by atoms with Crippen LogP contribution in [0.15, 0.2) is 25.3 Å². The molecule has 0 bridgehead atoms. The molecule has 1 nitrogen and oxygen atoms in total. The first-order valence-electron chi connectivity index (χ1n) is 7.71. The average molecular weight is 252 g/mol. The van der Waals surface area contributed by atoms with E-state index in [0.29, 0.717) is 0 Å². The molecule has 0 aliphatic carbocycles. The van der Waals surface area contributed by atoms with E-state index in [1.54, 1.807) is 0 Å². The van der Waals surface area contributed by atoms with E-state index < -0.39 is 0 Å². The molecule has 0 aliphatic rings. The third kappa shape index (κ3) is 7.00. The minimum Gasteiger partial charge on any atom is -0.317 e. The highest BCUT2D eigenvalue weighted by molar-refractivity contribution is 4.73. The van der Waals surface area contributed by atoms with Crippen molar-refractivity contribution in [3.8, 4) is 0 Å². The summed E-state index contributed by atoms with van der Waals surface area (Å²) in [5.74, 6) is 0.808. The van der Waals surface area contributed by atoms with Crippen LogP contribution in [0.2, 0.25) is 0 Å². The molecular formula is C17H34N+. The smallest absolute Gasteiger partial charge is 0.0973 e. The summed E-state index contributed by atoms with van der Waals surface area (Å²) in [6, 6.07) is 0. The normalized spacial score (nSPS) is 13.3. The molecule has 0 saturated heterocycles. The molecule has 106 valence electrons. The van der Waals surface area contributed by atoms with Crippen LogP contribution < -0.4 is 0 Å². The zero-order valence-electron chi connectivity index (χ0n) is 13.0. The first-order valence-corrected chi connectivity index (χ1v) is 7.71. The second-order valence-electron chi connectivity index (χ2n) is 5.79. The van der Waals surface area contributed by atoms with Gasteiger partial charge in [-0.25, -0.2) is 0 Å². The number of hydrogen-bond acceptors (Lipinski definition) is 0. The highest BCUT2D eigenvalue weighted by Crippen LogP contribution is 2.18. The zero-order chi connectivity index (χ0) is 13.9. The molecule has 0 aromatic rings. The van der Waals surface area contributed by atoms with Crippen LogP contribution in [0.25, 0.3) is 0 Å². The Balaban J connectivity index is 4.43. The van der Waals surface area contributed by atoms with Gasteiger partial charge in [-0.1, -0.05) is 53.2 Å². The van der Waals surface area contributed by atoms with Crippen molar-refractivity contribution in [3.63, 3.8) is 0 Å². The molecule has 0 aromatic carbocycles. The molecule has 0 spiro atoms. The van der Waals surface area contributed by atoms with E-state index in [1.165, 1.54) is 45.2 Å². The number of nitrogens with zero attached hydrogens (tertiary/aromatic N) is 1. The van der Waals surface area contributed by atoms with Gasteiger partial charge in [0.05, 0.1) is 26.2 Å². The van der Waals surface area contributed by atoms with Gasteiger partial charge in [0.2, 0.25) is 0 Å². The summed E-state index contributed by atoms with van der Waals surface area (Å²) in [5.41, 5.74) is 0. The first kappa shape index (κ1) is 17.4. The van der Waals surface area contributed by atoms with E-state index in [-0.39, 0.29) is 0 Å². The van der Waals surface area contributed by atoms with Gasteiger partial charge < -0.3 is 4.48 Å². The van der Waals surface area contributed by atoms with Gasteiger partial charge in [-0.2, -0.15) is 0 Å². The first-order chi connectivity index (χ1) is 8.64. The van der Waals surface area contributed by atoms with Gasteiger partial charge in [0.1, 0.15) is 0 Å². The molecule has 0 saturated carbocycles. The third-order valence-corrected chi connectivity index (χ3v) is 3.73. The van der Waals surface area contributed by atoms with E-state index in [0.717, 1.165) is 23.5 Å². The van der Waals surface area contributed by atoms with Crippen LogP contribution in [0.4, 0.5) is 0 Å². The Morgan fingerprint density at radius 1 is 1.00 bits per heavy atom. The molecule has 0 amide bonds. The average Bonchev–Trinajstić information content (AvgIpc) is 2.30. The lowest BCUT2D eigenvalue weighted by molar-refractivity contribution is -0.920. The maximum atomic E-state index is 3.94. The Hall–Kier alpha value is -0.560. The summed E-state index contributed by atoms with van der Waals surface area (Å²) < 4.78 is 1.15. The Kier molecular flexibility index (Phi) is 10.0. The molecule has 1 unspecified atom stereocenters. The van der Waals surface area contributed by atoms with E-state index in [9.17, 15) is 0 Å². The predicted octanol–water partition coefficient (Wildman–Crippen LogP) is 4.80. The van der Waals surface area contributed by atoms with E-state index in [4.69, 9.17) is 0 Å². The lowest BCUT2D eigenvalue weighted by Gasteiger charge is -2.39. The van der Waals surface area contributed by atoms with Crippen LogP contribution in [0, 0.1) is 5.92 Å². The van der Waals surface area contributed by atoms with Crippen molar-refractivity contribution >= 4 is 0 Å². The number of rotatable bonds is 12. The van der Waals surface area contributed by atoms with Gasteiger partial charge in [0.15, 0.2) is 0 Å². The largest absolute Gasteiger partial charge is 0.317 e. The molecule has 0 heterocycles. The van der Waals surface area contributed by atoms with Gasteiger partial charge in [0.25, 0.3) is 0 Å². The molecule has 0 rings (SSSR count). The standard InChI is InChI=1S/C17H34N/c1-6-10-11-12-17(5)16-18(13-7-2,14-8-3)15-9-4/h7-8,17H,2-3,6,9-16H2,1,4-5H3/q+1. The number of hydrogen-bond donors (Lipinski definition) is 0. The van der Waals surface area contributed by atoms with Crippen molar-refractivity contribution in [1.82, 2.24) is 0 Å². The second-order valence-corrected chi connectivity index (χ2v) is 5.79. The van der Waals surface area contributed by atoms with Crippen molar-refractivity contribution in [2.24, 2.45) is 5.92 Å². The van der Waals surface area contributed by atoms with E-state index in [1.807, 2.05) is 0 Å². The summed E-state index contributed by atoms with van der Waals surface area (Å²) in [4.78, 5) is 0. The molecule has 1 heteroatoms. The SMILES string of the molecule is C=CC[N+](CC=C)(CCC)CC(C)CCCCC. The number of quaternary nitrogens is 1. The molecule has 0 N–H and O–H groups in total. The quantitative estimate of drug-likeness (QED) is 0.266. The highest BCUT2D eigenvalue weighted by Gasteiger charge is 2.25. The number of unbranched alkanes of at least 4 members (excludes halogenated alkanes) is 2. The van der Waals surface area contributed by atoms with Crippen molar-refractivity contribution < 1.29 is 4.48 Å². The van der Waals surface area contributed by atoms with Crippen LogP contribution in [-0.2, 0) is 0 Å². The molecule has 0 aliphatic heterocycles. The predicted molar refractivity (Wildman–Crippen MR) is 83.7 cm³/mol. The lowest BCUT2D eigenvalue weighted by atomic mass is 10.0. The van der Waals surface area contributed by atoms with Gasteiger partial charge >= 0.3 is 0 Å². The summed E-state index contributed by atoms with van der Waals surface area (Å²) in [7, 11) is 0. The Labute approximate surface area is 115 Å². The van der Waals surface area contributed by atoms with Crippen LogP contribution in [0.5, 0.6) is 0 Å². The molecular weight excluding hydrogens is 218 g/mol. The minimum absolute atomic E-state index is 0.808. The van der Waals surface area contributed by atoms with E-state index >= 15 is 0 Å². The summed E-state index contributed by atoms with van der Waals surface area (Å²) in [6.07, 6.45) is 10.8. The lowest BCUT2D eigenvalue weighted by Crippen LogP contribution is -2.51. The second kappa shape index (κ2) is 10.4. The molecule has 0 fully saturated rings. The molecule has 1 atom stereocenters. The van der Waals surface area contributed by atoms with Crippen molar-refractivity contribution in [2.45, 2.75) is 52.9 Å². The van der Waals surface area contributed by atoms with Crippen LogP contribution in [0.1, 0.15) is 52.9 Å². The van der Waals surface area contributed by atoms with Crippen LogP contribution in [0.3, 0.4) is 0 Å². The van der Waals surface area contributed by atoms with Gasteiger partial charge in [-0.05, 0) is 25.0 Å². The van der Waals surface area contributed by atoms with Crippen molar-refractivity contribution in [3.05, 3.63) is 25.3 Å². The maximum absolute atomic E-state index is 3.94. The summed E-state index contributed by atoms with van der Waals surface area (Å²) >= 11 is 0. The molecule has 18 heavy (non-hydrogen) atoms. The Bertz CT molecular complexity index is 210. The highest BCUT2D eigenvalue weighted by atomic mass is 15.3. The fourth-order valence-electron chi connectivity index (χ4n) is 3.01. The Morgan fingerprint density at radius 3 is 2.06 bits per heavy atom. The van der Waals surface area contributed by atoms with Gasteiger partial charge in [-0.3, -0.25) is 0 Å². The van der Waals surface area contributed by atoms with Crippen molar-refractivity contribution in [1.29, 1.82) is 0 Å². The van der Waals surface area contributed by atoms with Crippen LogP contribution >= 0.6 is 0 Å². The summed E-state index contributed by atoms with van der Waals surface area (Å²) in [6.45, 7) is 19.5. The van der Waals surface area contributed by atoms with Crippen molar-refractivity contribution in [2.75, 3.05) is 26.2 Å². The molecule has 0 radical (unpaired) electrons. The fraction of sp³-hybridized carbons (Fsp3) is 0.765. The van der Waals surface area contributed by atoms with Gasteiger partial charge in [-0.15, -0.1) is 0 Å². The summed E-state index contributed by atoms with van der Waals surface area (Å²) in [5, 5.41) is 0. The van der Waals surface area contributed by atoms with Crippen LogP contribution in [-0.4, -0.2) is 30.7 Å². The fourth-order valence-corrected chi connectivity index (χ4v) is 3.01. The monoisotopic (exact) mass is 252 g/mol. The maximum Gasteiger partial charge on any atom is 0.0973 e. The molecule has 0 aromatic heterocycles. The van der Waals surface area contributed by atoms with E-state index in [2.05, 4.69) is 46.1 Å². The third-order valence-electron chi connectivity index (χ3n) is 3.73. The minimum atomic E-state index is 0.808.